The molecular formula is C16H17N5. The number of aryl methyl sites for hydroxylation is 1. The van der Waals surface area contributed by atoms with Gasteiger partial charge in [0.25, 0.3) is 0 Å². The fourth-order valence-corrected chi connectivity index (χ4v) is 2.37. The maximum Gasteiger partial charge on any atom is 0.162 e. The Balaban J connectivity index is 2.13. The van der Waals surface area contributed by atoms with Gasteiger partial charge in [-0.25, -0.2) is 9.97 Å². The van der Waals surface area contributed by atoms with E-state index in [9.17, 15) is 0 Å². The van der Waals surface area contributed by atoms with Gasteiger partial charge in [0.2, 0.25) is 0 Å². The summed E-state index contributed by atoms with van der Waals surface area (Å²) in [6, 6.07) is 3.74. The normalized spacial score (nSPS) is 10.9. The monoisotopic (exact) mass is 279 g/mol. The first-order chi connectivity index (χ1) is 10.3. The van der Waals surface area contributed by atoms with E-state index < -0.39 is 0 Å². The van der Waals surface area contributed by atoms with E-state index in [1.165, 1.54) is 0 Å². The van der Waals surface area contributed by atoms with Crippen molar-refractivity contribution in [3.8, 4) is 11.4 Å². The number of hydrogen-bond acceptors (Lipinski definition) is 5. The lowest BCUT2D eigenvalue weighted by Gasteiger charge is -2.09. The molecule has 0 aliphatic rings. The van der Waals surface area contributed by atoms with E-state index in [0.717, 1.165) is 41.3 Å². The van der Waals surface area contributed by atoms with E-state index in [1.54, 1.807) is 18.6 Å². The molecule has 5 nitrogen and oxygen atoms in total. The average Bonchev–Trinajstić information content (AvgIpc) is 2.53. The molecule has 2 N–H and O–H groups in total. The number of unbranched alkanes of at least 4 members (excludes halogenated alkanes) is 1. The van der Waals surface area contributed by atoms with Crippen molar-refractivity contribution in [2.75, 3.05) is 5.73 Å². The number of pyridine rings is 2. The van der Waals surface area contributed by atoms with Crippen molar-refractivity contribution in [3.63, 3.8) is 0 Å². The van der Waals surface area contributed by atoms with Gasteiger partial charge >= 0.3 is 0 Å². The van der Waals surface area contributed by atoms with E-state index in [-0.39, 0.29) is 0 Å². The second-order valence-corrected chi connectivity index (χ2v) is 4.96. The van der Waals surface area contributed by atoms with E-state index >= 15 is 0 Å². The highest BCUT2D eigenvalue weighted by Gasteiger charge is 2.11. The molecule has 0 atom stereocenters. The van der Waals surface area contributed by atoms with Crippen LogP contribution in [-0.4, -0.2) is 19.9 Å². The number of fused-ring (bicyclic) bond motifs is 1. The summed E-state index contributed by atoms with van der Waals surface area (Å²) in [5.41, 5.74) is 8.99. The summed E-state index contributed by atoms with van der Waals surface area (Å²) in [6.45, 7) is 2.17. The Bertz CT molecular complexity index is 755. The van der Waals surface area contributed by atoms with Crippen LogP contribution in [0.5, 0.6) is 0 Å². The van der Waals surface area contributed by atoms with Gasteiger partial charge in [0.15, 0.2) is 5.82 Å². The van der Waals surface area contributed by atoms with Crippen LogP contribution in [0, 0.1) is 0 Å². The van der Waals surface area contributed by atoms with Crippen molar-refractivity contribution in [3.05, 3.63) is 42.5 Å². The van der Waals surface area contributed by atoms with Gasteiger partial charge < -0.3 is 5.73 Å². The summed E-state index contributed by atoms with van der Waals surface area (Å²) in [5.74, 6) is 1.12. The zero-order valence-electron chi connectivity index (χ0n) is 12.0. The van der Waals surface area contributed by atoms with Crippen molar-refractivity contribution in [2.24, 2.45) is 0 Å². The predicted octanol–water partition coefficient (Wildman–Crippen LogP) is 3.01. The summed E-state index contributed by atoms with van der Waals surface area (Å²) in [5, 5.41) is 0.927. The van der Waals surface area contributed by atoms with Crippen LogP contribution in [0.3, 0.4) is 0 Å². The maximum atomic E-state index is 6.17. The van der Waals surface area contributed by atoms with Gasteiger partial charge in [-0.15, -0.1) is 0 Å². The topological polar surface area (TPSA) is 77.6 Å². The molecule has 0 unspecified atom stereocenters. The molecule has 0 spiro atoms. The van der Waals surface area contributed by atoms with E-state index in [4.69, 9.17) is 5.73 Å². The Morgan fingerprint density at radius 3 is 2.62 bits per heavy atom. The molecule has 3 heterocycles. The molecule has 0 aliphatic carbocycles. The molecule has 0 saturated heterocycles. The van der Waals surface area contributed by atoms with Gasteiger partial charge in [0.05, 0.1) is 11.7 Å². The van der Waals surface area contributed by atoms with Crippen LogP contribution in [0.1, 0.15) is 25.3 Å². The number of aromatic nitrogens is 4. The first-order valence-corrected chi connectivity index (χ1v) is 7.10. The fraction of sp³-hybridized carbons (Fsp3) is 0.250. The molecule has 0 saturated carbocycles. The van der Waals surface area contributed by atoms with Crippen molar-refractivity contribution < 1.29 is 0 Å². The summed E-state index contributed by atoms with van der Waals surface area (Å²) in [7, 11) is 0. The van der Waals surface area contributed by atoms with E-state index in [2.05, 4.69) is 26.9 Å². The van der Waals surface area contributed by atoms with Crippen molar-refractivity contribution in [1.82, 2.24) is 19.9 Å². The Hall–Kier alpha value is -2.56. The predicted molar refractivity (Wildman–Crippen MR) is 83.6 cm³/mol. The molecule has 3 aromatic rings. The highest BCUT2D eigenvalue weighted by molar-refractivity contribution is 5.91. The van der Waals surface area contributed by atoms with Crippen LogP contribution in [0.2, 0.25) is 0 Å². The van der Waals surface area contributed by atoms with Gasteiger partial charge in [-0.05, 0) is 30.5 Å². The fourth-order valence-electron chi connectivity index (χ4n) is 2.37. The van der Waals surface area contributed by atoms with Crippen molar-refractivity contribution >= 4 is 16.7 Å². The summed E-state index contributed by atoms with van der Waals surface area (Å²) in [4.78, 5) is 17.3. The third-order valence-corrected chi connectivity index (χ3v) is 3.45. The highest BCUT2D eigenvalue weighted by atomic mass is 15.0. The number of hydrogen-bond donors (Lipinski definition) is 1. The first kappa shape index (κ1) is 13.4. The Morgan fingerprint density at radius 2 is 1.86 bits per heavy atom. The first-order valence-electron chi connectivity index (χ1n) is 7.10. The standard InChI is InChI=1S/C16H17N5/c1-2-3-4-12-9-19-10-13-14(12)15(17)21-16(20-13)11-5-7-18-8-6-11/h5-10H,2-4H2,1H3,(H2,17,20,21). The molecule has 21 heavy (non-hydrogen) atoms. The van der Waals surface area contributed by atoms with Crippen LogP contribution in [0.15, 0.2) is 36.9 Å². The molecule has 106 valence electrons. The molecule has 0 aliphatic heterocycles. The number of nitrogen functional groups attached to an aromatic ring is 1. The lowest BCUT2D eigenvalue weighted by atomic mass is 10.1. The molecular weight excluding hydrogens is 262 g/mol. The quantitative estimate of drug-likeness (QED) is 0.794. The maximum absolute atomic E-state index is 6.17. The van der Waals surface area contributed by atoms with Gasteiger partial charge in [-0.3, -0.25) is 9.97 Å². The van der Waals surface area contributed by atoms with Crippen molar-refractivity contribution in [2.45, 2.75) is 26.2 Å². The lowest BCUT2D eigenvalue weighted by Crippen LogP contribution is -2.01. The molecule has 0 fully saturated rings. The summed E-state index contributed by atoms with van der Waals surface area (Å²) >= 11 is 0. The zero-order valence-corrected chi connectivity index (χ0v) is 12.0. The Morgan fingerprint density at radius 1 is 1.05 bits per heavy atom. The number of rotatable bonds is 4. The molecule has 5 heteroatoms. The zero-order chi connectivity index (χ0) is 14.7. The van der Waals surface area contributed by atoms with Crippen LogP contribution >= 0.6 is 0 Å². The average molecular weight is 279 g/mol. The second-order valence-electron chi connectivity index (χ2n) is 4.96. The Kier molecular flexibility index (Phi) is 3.73. The van der Waals surface area contributed by atoms with Crippen LogP contribution in [0.4, 0.5) is 5.82 Å². The van der Waals surface area contributed by atoms with Gasteiger partial charge in [-0.1, -0.05) is 13.3 Å². The third-order valence-electron chi connectivity index (χ3n) is 3.45. The third kappa shape index (κ3) is 2.67. The molecule has 0 bridgehead atoms. The SMILES string of the molecule is CCCCc1cncc2nc(-c3ccncc3)nc(N)c12. The minimum absolute atomic E-state index is 0.514. The van der Waals surface area contributed by atoms with Crippen LogP contribution in [0.25, 0.3) is 22.3 Å². The van der Waals surface area contributed by atoms with Gasteiger partial charge in [0.1, 0.15) is 5.82 Å². The molecule has 3 rings (SSSR count). The van der Waals surface area contributed by atoms with Gasteiger partial charge in [0, 0.05) is 29.5 Å². The minimum atomic E-state index is 0.514. The van der Waals surface area contributed by atoms with Crippen LogP contribution < -0.4 is 5.73 Å². The van der Waals surface area contributed by atoms with Crippen LogP contribution in [-0.2, 0) is 6.42 Å². The number of nitrogens with two attached hydrogens (primary N) is 1. The Labute approximate surface area is 123 Å². The van der Waals surface area contributed by atoms with Crippen molar-refractivity contribution in [1.29, 1.82) is 0 Å². The second kappa shape index (κ2) is 5.83. The van der Waals surface area contributed by atoms with Gasteiger partial charge in [-0.2, -0.15) is 0 Å². The van der Waals surface area contributed by atoms with E-state index in [1.807, 2.05) is 18.3 Å². The molecule has 0 amide bonds. The van der Waals surface area contributed by atoms with E-state index in [0.29, 0.717) is 11.6 Å². The minimum Gasteiger partial charge on any atom is -0.383 e. The molecule has 0 aromatic carbocycles. The number of nitrogens with zero attached hydrogens (tertiary/aromatic N) is 4. The largest absolute Gasteiger partial charge is 0.383 e. The number of anilines is 1. The molecule has 3 aromatic heterocycles. The lowest BCUT2D eigenvalue weighted by molar-refractivity contribution is 0.796. The smallest absolute Gasteiger partial charge is 0.162 e. The highest BCUT2D eigenvalue weighted by Crippen LogP contribution is 2.25. The summed E-state index contributed by atoms with van der Waals surface area (Å²) < 4.78 is 0. The molecule has 0 radical (unpaired) electrons. The summed E-state index contributed by atoms with van der Waals surface area (Å²) in [6.07, 6.45) is 10.2.